The van der Waals surface area contributed by atoms with Crippen LogP contribution in [0.3, 0.4) is 0 Å². The van der Waals surface area contributed by atoms with Crippen LogP contribution in [0.25, 0.3) is 0 Å². The third-order valence-corrected chi connectivity index (χ3v) is 3.12. The first-order chi connectivity index (χ1) is 9.93. The molecule has 0 saturated carbocycles. The van der Waals surface area contributed by atoms with Gasteiger partial charge >= 0.3 is 5.97 Å². The van der Waals surface area contributed by atoms with Crippen molar-refractivity contribution in [3.8, 4) is 0 Å². The Morgan fingerprint density at radius 3 is 2.57 bits per heavy atom. The number of rotatable bonds is 9. The number of carboxylic acid groups (broad SMARTS) is 1. The molecule has 0 aromatic carbocycles. The van der Waals surface area contributed by atoms with E-state index in [1.54, 1.807) is 19.3 Å². The molecule has 118 valence electrons. The Balaban J connectivity index is 2.62. The standard InChI is InChI=1S/C14H24N4O3/c1-4-10(14(20)21)18-11(7-9(2)3)13(19)17-8-12-15-5-6-16-12/h5-6,9-11,18H,4,7-8H2,1-3H3,(H,15,16)(H,17,19)(H,20,21)/t10-,11+/m1/s1. The monoisotopic (exact) mass is 296 g/mol. The van der Waals surface area contributed by atoms with Crippen molar-refractivity contribution in [3.63, 3.8) is 0 Å². The molecule has 0 radical (unpaired) electrons. The van der Waals surface area contributed by atoms with Gasteiger partial charge in [0, 0.05) is 12.4 Å². The first-order valence-corrected chi connectivity index (χ1v) is 7.18. The molecule has 0 aliphatic heterocycles. The first-order valence-electron chi connectivity index (χ1n) is 7.18. The van der Waals surface area contributed by atoms with Gasteiger partial charge in [0.15, 0.2) is 0 Å². The molecule has 0 aliphatic rings. The van der Waals surface area contributed by atoms with Crippen molar-refractivity contribution in [2.24, 2.45) is 5.92 Å². The molecular weight excluding hydrogens is 272 g/mol. The Labute approximate surface area is 124 Å². The maximum atomic E-state index is 12.2. The van der Waals surface area contributed by atoms with Crippen molar-refractivity contribution < 1.29 is 14.7 Å². The van der Waals surface area contributed by atoms with Crippen molar-refractivity contribution in [1.82, 2.24) is 20.6 Å². The number of nitrogens with one attached hydrogen (secondary N) is 3. The summed E-state index contributed by atoms with van der Waals surface area (Å²) in [7, 11) is 0. The summed E-state index contributed by atoms with van der Waals surface area (Å²) in [6.45, 7) is 6.07. The topological polar surface area (TPSA) is 107 Å². The lowest BCUT2D eigenvalue weighted by Crippen LogP contribution is -2.51. The molecule has 0 spiro atoms. The first kappa shape index (κ1) is 17.2. The Bertz CT molecular complexity index is 445. The molecule has 1 heterocycles. The number of H-pyrrole nitrogens is 1. The molecule has 0 bridgehead atoms. The SMILES string of the molecule is CC[C@@H](N[C@@H](CC(C)C)C(=O)NCc1ncc[nH]1)C(=O)O. The van der Waals surface area contributed by atoms with E-state index in [1.165, 1.54) is 0 Å². The Kier molecular flexibility index (Phi) is 6.87. The summed E-state index contributed by atoms with van der Waals surface area (Å²) in [6.07, 6.45) is 4.30. The summed E-state index contributed by atoms with van der Waals surface area (Å²) in [5.41, 5.74) is 0. The van der Waals surface area contributed by atoms with Crippen LogP contribution in [0.1, 0.15) is 39.4 Å². The Morgan fingerprint density at radius 2 is 2.10 bits per heavy atom. The van der Waals surface area contributed by atoms with E-state index in [9.17, 15) is 9.59 Å². The summed E-state index contributed by atoms with van der Waals surface area (Å²) < 4.78 is 0. The van der Waals surface area contributed by atoms with Crippen LogP contribution in [0.2, 0.25) is 0 Å². The number of carbonyl (C=O) groups is 2. The van der Waals surface area contributed by atoms with Gasteiger partial charge in [0.1, 0.15) is 11.9 Å². The van der Waals surface area contributed by atoms with Crippen molar-refractivity contribution in [2.75, 3.05) is 0 Å². The number of nitrogens with zero attached hydrogens (tertiary/aromatic N) is 1. The number of hydrogen-bond acceptors (Lipinski definition) is 4. The van der Waals surface area contributed by atoms with Gasteiger partial charge in [-0.2, -0.15) is 0 Å². The van der Waals surface area contributed by atoms with Gasteiger partial charge in [0.25, 0.3) is 0 Å². The lowest BCUT2D eigenvalue weighted by molar-refractivity contribution is -0.140. The number of carboxylic acids is 1. The van der Waals surface area contributed by atoms with Crippen LogP contribution in [-0.2, 0) is 16.1 Å². The summed E-state index contributed by atoms with van der Waals surface area (Å²) in [5.74, 6) is -0.204. The molecule has 0 fully saturated rings. The molecule has 1 rings (SSSR count). The van der Waals surface area contributed by atoms with Crippen LogP contribution in [0, 0.1) is 5.92 Å². The predicted octanol–water partition coefficient (Wildman–Crippen LogP) is 0.893. The fourth-order valence-corrected chi connectivity index (χ4v) is 2.02. The summed E-state index contributed by atoms with van der Waals surface area (Å²) in [4.78, 5) is 30.3. The van der Waals surface area contributed by atoms with Crippen LogP contribution in [0.4, 0.5) is 0 Å². The number of aromatic amines is 1. The number of aliphatic carboxylic acids is 1. The van der Waals surface area contributed by atoms with Crippen LogP contribution in [-0.4, -0.2) is 39.0 Å². The number of amides is 1. The van der Waals surface area contributed by atoms with Crippen LogP contribution in [0.5, 0.6) is 0 Å². The van der Waals surface area contributed by atoms with Crippen molar-refractivity contribution in [1.29, 1.82) is 0 Å². The third kappa shape index (κ3) is 5.95. The molecule has 2 atom stereocenters. The maximum absolute atomic E-state index is 12.2. The second-order valence-electron chi connectivity index (χ2n) is 5.40. The Morgan fingerprint density at radius 1 is 1.38 bits per heavy atom. The van der Waals surface area contributed by atoms with E-state index in [2.05, 4.69) is 20.6 Å². The highest BCUT2D eigenvalue weighted by Crippen LogP contribution is 2.07. The van der Waals surface area contributed by atoms with Crippen LogP contribution in [0.15, 0.2) is 12.4 Å². The average molecular weight is 296 g/mol. The molecular formula is C14H24N4O3. The van der Waals surface area contributed by atoms with E-state index < -0.39 is 18.1 Å². The maximum Gasteiger partial charge on any atom is 0.320 e. The van der Waals surface area contributed by atoms with E-state index in [0.717, 1.165) is 0 Å². The summed E-state index contributed by atoms with van der Waals surface area (Å²) >= 11 is 0. The predicted molar refractivity (Wildman–Crippen MR) is 78.5 cm³/mol. The smallest absolute Gasteiger partial charge is 0.320 e. The van der Waals surface area contributed by atoms with Gasteiger partial charge < -0.3 is 15.4 Å². The molecule has 1 aromatic heterocycles. The van der Waals surface area contributed by atoms with E-state index >= 15 is 0 Å². The van der Waals surface area contributed by atoms with Crippen molar-refractivity contribution >= 4 is 11.9 Å². The number of hydrogen-bond donors (Lipinski definition) is 4. The lowest BCUT2D eigenvalue weighted by atomic mass is 10.0. The van der Waals surface area contributed by atoms with Crippen molar-refractivity contribution in [3.05, 3.63) is 18.2 Å². The van der Waals surface area contributed by atoms with Gasteiger partial charge in [0.05, 0.1) is 12.6 Å². The zero-order chi connectivity index (χ0) is 15.8. The largest absolute Gasteiger partial charge is 0.480 e. The third-order valence-electron chi connectivity index (χ3n) is 3.12. The fraction of sp³-hybridized carbons (Fsp3) is 0.643. The minimum absolute atomic E-state index is 0.209. The molecule has 0 aliphatic carbocycles. The van der Waals surface area contributed by atoms with Crippen LogP contribution < -0.4 is 10.6 Å². The quantitative estimate of drug-likeness (QED) is 0.541. The average Bonchev–Trinajstić information content (AvgIpc) is 2.93. The molecule has 0 unspecified atom stereocenters. The van der Waals surface area contributed by atoms with Gasteiger partial charge in [-0.05, 0) is 18.8 Å². The van der Waals surface area contributed by atoms with Gasteiger partial charge in [0.2, 0.25) is 5.91 Å². The van der Waals surface area contributed by atoms with Gasteiger partial charge in [-0.3, -0.25) is 14.9 Å². The lowest BCUT2D eigenvalue weighted by Gasteiger charge is -2.23. The zero-order valence-electron chi connectivity index (χ0n) is 12.7. The number of carbonyl (C=O) groups excluding carboxylic acids is 1. The summed E-state index contributed by atoms with van der Waals surface area (Å²) in [5, 5.41) is 14.8. The van der Waals surface area contributed by atoms with E-state index in [4.69, 9.17) is 5.11 Å². The van der Waals surface area contributed by atoms with Gasteiger partial charge in [-0.15, -0.1) is 0 Å². The second kappa shape index (κ2) is 8.41. The highest BCUT2D eigenvalue weighted by atomic mass is 16.4. The number of imidazole rings is 1. The fourth-order valence-electron chi connectivity index (χ4n) is 2.02. The minimum atomic E-state index is -0.940. The highest BCUT2D eigenvalue weighted by molar-refractivity contribution is 5.83. The van der Waals surface area contributed by atoms with Crippen molar-refractivity contribution in [2.45, 2.75) is 52.2 Å². The van der Waals surface area contributed by atoms with E-state index in [0.29, 0.717) is 25.2 Å². The molecule has 0 saturated heterocycles. The molecule has 7 nitrogen and oxygen atoms in total. The van der Waals surface area contributed by atoms with E-state index in [1.807, 2.05) is 13.8 Å². The Hall–Kier alpha value is -1.89. The molecule has 4 N–H and O–H groups in total. The minimum Gasteiger partial charge on any atom is -0.480 e. The molecule has 7 heteroatoms. The molecule has 1 amide bonds. The zero-order valence-corrected chi connectivity index (χ0v) is 12.7. The number of aromatic nitrogens is 2. The molecule has 21 heavy (non-hydrogen) atoms. The van der Waals surface area contributed by atoms with Gasteiger partial charge in [-0.1, -0.05) is 20.8 Å². The molecule has 1 aromatic rings. The van der Waals surface area contributed by atoms with E-state index in [-0.39, 0.29) is 11.8 Å². The highest BCUT2D eigenvalue weighted by Gasteiger charge is 2.25. The van der Waals surface area contributed by atoms with Crippen LogP contribution >= 0.6 is 0 Å². The second-order valence-corrected chi connectivity index (χ2v) is 5.40. The van der Waals surface area contributed by atoms with Gasteiger partial charge in [-0.25, -0.2) is 4.98 Å². The summed E-state index contributed by atoms with van der Waals surface area (Å²) in [6, 6.07) is -1.25. The normalized spacial score (nSPS) is 13.9.